The predicted octanol–water partition coefficient (Wildman–Crippen LogP) is -0.665. The molecule has 6 nitrogen and oxygen atoms in total. The van der Waals surface area contributed by atoms with Crippen LogP contribution in [0.1, 0.15) is 22.8 Å². The van der Waals surface area contributed by atoms with Crippen LogP contribution in [0, 0.1) is 0 Å². The summed E-state index contributed by atoms with van der Waals surface area (Å²) in [5.41, 5.74) is 2.18. The Morgan fingerprint density at radius 2 is 1.55 bits per heavy atom. The maximum absolute atomic E-state index is 12.8. The second-order valence-corrected chi connectivity index (χ2v) is 9.75. The van der Waals surface area contributed by atoms with Crippen molar-refractivity contribution in [1.82, 2.24) is 5.32 Å². The minimum Gasteiger partial charge on any atom is -0.550 e. The van der Waals surface area contributed by atoms with Crippen molar-refractivity contribution in [2.24, 2.45) is 0 Å². The Balaban J connectivity index is 0.00000385. The number of nitrogens with one attached hydrogen (secondary N) is 1. The van der Waals surface area contributed by atoms with Gasteiger partial charge in [0, 0.05) is 24.0 Å². The number of carboxylic acids is 1. The van der Waals surface area contributed by atoms with Gasteiger partial charge >= 0.3 is 29.6 Å². The van der Waals surface area contributed by atoms with Crippen molar-refractivity contribution in [3.8, 4) is 0 Å². The van der Waals surface area contributed by atoms with E-state index < -0.39 is 21.9 Å². The number of carboxylic acid groups (broad SMARTS) is 1. The molecule has 0 aliphatic carbocycles. The van der Waals surface area contributed by atoms with Gasteiger partial charge in [-0.15, -0.1) is 0 Å². The molecule has 0 fully saturated rings. The fourth-order valence-corrected chi connectivity index (χ4v) is 4.69. The number of halogens is 1. The summed E-state index contributed by atoms with van der Waals surface area (Å²) in [6.07, 6.45) is -0.265. The maximum Gasteiger partial charge on any atom is 1.00 e. The van der Waals surface area contributed by atoms with Gasteiger partial charge < -0.3 is 20.3 Å². The van der Waals surface area contributed by atoms with Crippen LogP contribution in [0.3, 0.4) is 0 Å². The summed E-state index contributed by atoms with van der Waals surface area (Å²) >= 11 is 5.94. The quantitative estimate of drug-likeness (QED) is 0.285. The molecular weight excluding hydrogens is 473 g/mol. The number of aliphatic hydroxyl groups excluding tert-OH is 1. The Morgan fingerprint density at radius 3 is 2.09 bits per heavy atom. The molecule has 0 amide bonds. The van der Waals surface area contributed by atoms with Crippen molar-refractivity contribution in [2.75, 3.05) is 13.1 Å². The summed E-state index contributed by atoms with van der Waals surface area (Å²) in [7, 11) is -3.69. The number of sulfone groups is 1. The zero-order chi connectivity index (χ0) is 23.1. The molecule has 2 N–H and O–H groups in total. The number of carbonyl (C=O) groups excluding carboxylic acids is 1. The standard InChI is InChI=1S/C24H24ClNO5S.Na/c25-20-3-1-2-19(15-20)23(27)16-26-13-12-17-4-8-21(9-5-17)32(30,31)22-10-6-18(7-11-22)14-24(28)29;/h1-11,15,23,26-27H,12-14,16H2,(H,28,29);/q;+1/p-1/t23-;/m0./s1. The van der Waals surface area contributed by atoms with Crippen molar-refractivity contribution in [3.63, 3.8) is 0 Å². The molecule has 0 aromatic heterocycles. The molecule has 0 unspecified atom stereocenters. The fraction of sp³-hybridized carbons (Fsp3) is 0.208. The summed E-state index contributed by atoms with van der Waals surface area (Å²) < 4.78 is 25.6. The van der Waals surface area contributed by atoms with Crippen molar-refractivity contribution in [1.29, 1.82) is 0 Å². The Bertz CT molecular complexity index is 1170. The topological polar surface area (TPSA) is 107 Å². The van der Waals surface area contributed by atoms with Crippen LogP contribution < -0.4 is 40.0 Å². The van der Waals surface area contributed by atoms with Crippen molar-refractivity contribution >= 4 is 27.4 Å². The molecular formula is C24H23ClNNaO5S. The molecule has 0 aliphatic heterocycles. The monoisotopic (exact) mass is 495 g/mol. The van der Waals surface area contributed by atoms with Crippen LogP contribution >= 0.6 is 11.6 Å². The Labute approximate surface area is 220 Å². The van der Waals surface area contributed by atoms with Gasteiger partial charge in [0.1, 0.15) is 0 Å². The van der Waals surface area contributed by atoms with Gasteiger partial charge in [-0.05, 0) is 66.1 Å². The minimum atomic E-state index is -3.69. The average Bonchev–Trinajstić information content (AvgIpc) is 2.77. The Kier molecular flexibility index (Phi) is 10.6. The van der Waals surface area contributed by atoms with Gasteiger partial charge in [0.25, 0.3) is 0 Å². The van der Waals surface area contributed by atoms with Gasteiger partial charge in [-0.25, -0.2) is 8.42 Å². The first-order valence-corrected chi connectivity index (χ1v) is 11.9. The first-order valence-electron chi connectivity index (χ1n) is 10.0. The molecule has 3 aromatic rings. The van der Waals surface area contributed by atoms with Crippen LogP contribution in [0.15, 0.2) is 82.6 Å². The summed E-state index contributed by atoms with van der Waals surface area (Å²) in [5.74, 6) is -1.22. The summed E-state index contributed by atoms with van der Waals surface area (Å²) in [4.78, 5) is 10.9. The fourth-order valence-electron chi connectivity index (χ4n) is 3.23. The van der Waals surface area contributed by atoms with E-state index in [4.69, 9.17) is 11.6 Å². The Morgan fingerprint density at radius 1 is 0.970 bits per heavy atom. The van der Waals surface area contributed by atoms with Gasteiger partial charge in [0.15, 0.2) is 0 Å². The number of benzene rings is 3. The largest absolute Gasteiger partial charge is 1.00 e. The molecule has 0 saturated carbocycles. The van der Waals surface area contributed by atoms with E-state index in [1.54, 1.807) is 42.5 Å². The number of carbonyl (C=O) groups is 1. The van der Waals surface area contributed by atoms with Gasteiger partial charge in [-0.3, -0.25) is 0 Å². The average molecular weight is 496 g/mol. The first-order chi connectivity index (χ1) is 15.3. The molecule has 3 rings (SSSR count). The third kappa shape index (κ3) is 7.93. The van der Waals surface area contributed by atoms with E-state index in [-0.39, 0.29) is 45.8 Å². The number of aliphatic hydroxyl groups is 1. The van der Waals surface area contributed by atoms with E-state index >= 15 is 0 Å². The molecule has 0 spiro atoms. The van der Waals surface area contributed by atoms with Crippen molar-refractivity contribution in [3.05, 3.63) is 94.5 Å². The predicted molar refractivity (Wildman–Crippen MR) is 120 cm³/mol. The van der Waals surface area contributed by atoms with Gasteiger partial charge in [0.2, 0.25) is 9.84 Å². The molecule has 0 aliphatic rings. The van der Waals surface area contributed by atoms with Crippen LogP contribution in [0.25, 0.3) is 0 Å². The van der Waals surface area contributed by atoms with Gasteiger partial charge in [-0.1, -0.05) is 48.0 Å². The van der Waals surface area contributed by atoms with Crippen LogP contribution in [0.4, 0.5) is 0 Å². The molecule has 9 heteroatoms. The van der Waals surface area contributed by atoms with E-state index in [0.717, 1.165) is 11.1 Å². The van der Waals surface area contributed by atoms with E-state index in [1.807, 2.05) is 6.07 Å². The third-order valence-electron chi connectivity index (χ3n) is 4.98. The Hall–Kier alpha value is -1.71. The number of aliphatic carboxylic acids is 1. The summed E-state index contributed by atoms with van der Waals surface area (Å²) in [6, 6.07) is 19.5. The minimum absolute atomic E-state index is 0. The molecule has 33 heavy (non-hydrogen) atoms. The van der Waals surface area contributed by atoms with Crippen molar-refractivity contribution in [2.45, 2.75) is 28.7 Å². The maximum atomic E-state index is 12.8. The third-order valence-corrected chi connectivity index (χ3v) is 7.00. The van der Waals surface area contributed by atoms with Crippen LogP contribution in [0.2, 0.25) is 5.02 Å². The zero-order valence-corrected chi connectivity index (χ0v) is 21.8. The molecule has 1 atom stereocenters. The molecule has 168 valence electrons. The van der Waals surface area contributed by atoms with E-state index in [1.165, 1.54) is 24.3 Å². The normalized spacial score (nSPS) is 12.1. The van der Waals surface area contributed by atoms with Gasteiger partial charge in [-0.2, -0.15) is 0 Å². The second-order valence-electron chi connectivity index (χ2n) is 7.37. The molecule has 3 aromatic carbocycles. The summed E-state index contributed by atoms with van der Waals surface area (Å²) in [6.45, 7) is 0.990. The zero-order valence-electron chi connectivity index (χ0n) is 18.2. The van der Waals surface area contributed by atoms with Crippen LogP contribution in [0.5, 0.6) is 0 Å². The molecule has 0 saturated heterocycles. The number of hydrogen-bond acceptors (Lipinski definition) is 6. The number of rotatable bonds is 10. The van der Waals surface area contributed by atoms with Crippen molar-refractivity contribution < 1.29 is 53.0 Å². The second kappa shape index (κ2) is 12.7. The molecule has 0 radical (unpaired) electrons. The van der Waals surface area contributed by atoms with Crippen LogP contribution in [-0.4, -0.2) is 32.6 Å². The van der Waals surface area contributed by atoms with Crippen LogP contribution in [-0.2, 0) is 27.5 Å². The van der Waals surface area contributed by atoms with E-state index in [0.29, 0.717) is 30.1 Å². The first kappa shape index (κ1) is 27.5. The smallest absolute Gasteiger partial charge is 0.550 e. The number of hydrogen-bond donors (Lipinski definition) is 2. The SMILES string of the molecule is O=C([O-])Cc1ccc(S(=O)(=O)c2ccc(CCNC[C@H](O)c3cccc(Cl)c3)cc2)cc1.[Na+]. The van der Waals surface area contributed by atoms with E-state index in [9.17, 15) is 23.4 Å². The summed E-state index contributed by atoms with van der Waals surface area (Å²) in [5, 5.41) is 24.6. The van der Waals surface area contributed by atoms with E-state index in [2.05, 4.69) is 5.32 Å². The molecule has 0 bridgehead atoms. The molecule has 0 heterocycles. The van der Waals surface area contributed by atoms with Gasteiger partial charge in [0.05, 0.1) is 15.9 Å².